The van der Waals surface area contributed by atoms with Gasteiger partial charge in [-0.05, 0) is 32.1 Å². The SMILES string of the molecule is CCC1CCCCCN1S(=O)(=O)C1CCCC1C(=O)OC. The van der Waals surface area contributed by atoms with Crippen LogP contribution < -0.4 is 0 Å². The summed E-state index contributed by atoms with van der Waals surface area (Å²) in [7, 11) is -2.08. The molecule has 0 aromatic heterocycles. The zero-order chi connectivity index (χ0) is 15.5. The van der Waals surface area contributed by atoms with E-state index in [9.17, 15) is 13.2 Å². The van der Waals surface area contributed by atoms with Crippen LogP contribution in [0.3, 0.4) is 0 Å². The highest BCUT2D eigenvalue weighted by atomic mass is 32.2. The van der Waals surface area contributed by atoms with Gasteiger partial charge in [-0.1, -0.05) is 26.2 Å². The van der Waals surface area contributed by atoms with Crippen LogP contribution in [0.5, 0.6) is 0 Å². The predicted molar refractivity (Wildman–Crippen MR) is 81.3 cm³/mol. The van der Waals surface area contributed by atoms with Crippen LogP contribution in [0.1, 0.15) is 58.3 Å². The summed E-state index contributed by atoms with van der Waals surface area (Å²) >= 11 is 0. The summed E-state index contributed by atoms with van der Waals surface area (Å²) in [6.07, 6.45) is 6.87. The molecule has 1 saturated carbocycles. The lowest BCUT2D eigenvalue weighted by Crippen LogP contribution is -2.47. The molecule has 0 radical (unpaired) electrons. The zero-order valence-electron chi connectivity index (χ0n) is 13.1. The van der Waals surface area contributed by atoms with Crippen molar-refractivity contribution in [1.29, 1.82) is 0 Å². The molecule has 0 spiro atoms. The summed E-state index contributed by atoms with van der Waals surface area (Å²) in [6.45, 7) is 2.65. The number of nitrogens with zero attached hydrogens (tertiary/aromatic N) is 1. The Labute approximate surface area is 128 Å². The average molecular weight is 317 g/mol. The summed E-state index contributed by atoms with van der Waals surface area (Å²) in [5, 5.41) is -0.586. The Hall–Kier alpha value is -0.620. The lowest BCUT2D eigenvalue weighted by Gasteiger charge is -2.32. The molecule has 21 heavy (non-hydrogen) atoms. The minimum Gasteiger partial charge on any atom is -0.469 e. The van der Waals surface area contributed by atoms with Crippen molar-refractivity contribution in [3.8, 4) is 0 Å². The Bertz CT molecular complexity index is 462. The van der Waals surface area contributed by atoms with Gasteiger partial charge in [0.25, 0.3) is 0 Å². The van der Waals surface area contributed by atoms with Gasteiger partial charge in [0.2, 0.25) is 10.0 Å². The van der Waals surface area contributed by atoms with Crippen LogP contribution in [0.2, 0.25) is 0 Å². The molecule has 0 bridgehead atoms. The molecule has 2 aliphatic rings. The van der Waals surface area contributed by atoms with Crippen molar-refractivity contribution in [2.45, 2.75) is 69.6 Å². The standard InChI is InChI=1S/C15H27NO4S/c1-3-12-8-5-4-6-11-16(12)21(18,19)14-10-7-9-13(14)15(17)20-2/h12-14H,3-11H2,1-2H3. The lowest BCUT2D eigenvalue weighted by molar-refractivity contribution is -0.145. The second-order valence-corrected chi connectivity index (χ2v) is 8.27. The highest BCUT2D eigenvalue weighted by Crippen LogP contribution is 2.36. The van der Waals surface area contributed by atoms with Crippen molar-refractivity contribution in [3.05, 3.63) is 0 Å². The molecule has 1 heterocycles. The minimum atomic E-state index is -3.42. The average Bonchev–Trinajstić information content (AvgIpc) is 2.85. The van der Waals surface area contributed by atoms with Crippen molar-refractivity contribution >= 4 is 16.0 Å². The second-order valence-electron chi connectivity index (χ2n) is 6.17. The third-order valence-corrected chi connectivity index (χ3v) is 7.42. The van der Waals surface area contributed by atoms with E-state index in [2.05, 4.69) is 0 Å². The molecule has 5 nitrogen and oxygen atoms in total. The number of hydrogen-bond donors (Lipinski definition) is 0. The molecule has 3 unspecified atom stereocenters. The number of carbonyl (C=O) groups excluding carboxylic acids is 1. The van der Waals surface area contributed by atoms with Gasteiger partial charge in [-0.25, -0.2) is 8.42 Å². The van der Waals surface area contributed by atoms with E-state index in [0.29, 0.717) is 19.4 Å². The molecule has 3 atom stereocenters. The molecule has 0 aromatic rings. The molecular weight excluding hydrogens is 290 g/mol. The van der Waals surface area contributed by atoms with Crippen LogP contribution in [0, 0.1) is 5.92 Å². The van der Waals surface area contributed by atoms with Crippen LogP contribution in [-0.2, 0) is 19.6 Å². The Morgan fingerprint density at radius 2 is 1.90 bits per heavy atom. The molecule has 122 valence electrons. The van der Waals surface area contributed by atoms with Crippen LogP contribution in [0.15, 0.2) is 0 Å². The van der Waals surface area contributed by atoms with Gasteiger partial charge in [-0.3, -0.25) is 4.79 Å². The number of methoxy groups -OCH3 is 1. The fraction of sp³-hybridized carbons (Fsp3) is 0.933. The van der Waals surface area contributed by atoms with E-state index in [1.165, 1.54) is 7.11 Å². The van der Waals surface area contributed by atoms with Crippen molar-refractivity contribution < 1.29 is 17.9 Å². The first-order valence-electron chi connectivity index (χ1n) is 8.10. The highest BCUT2D eigenvalue weighted by molar-refractivity contribution is 7.89. The third-order valence-electron chi connectivity index (χ3n) is 4.96. The monoisotopic (exact) mass is 317 g/mol. The van der Waals surface area contributed by atoms with E-state index in [-0.39, 0.29) is 12.0 Å². The van der Waals surface area contributed by atoms with E-state index in [1.807, 2.05) is 6.92 Å². The van der Waals surface area contributed by atoms with Crippen molar-refractivity contribution in [2.24, 2.45) is 5.92 Å². The Kier molecular flexibility index (Phi) is 5.66. The third kappa shape index (κ3) is 3.42. The van der Waals surface area contributed by atoms with Crippen molar-refractivity contribution in [1.82, 2.24) is 4.31 Å². The first kappa shape index (κ1) is 16.7. The van der Waals surface area contributed by atoms with Gasteiger partial charge in [0, 0.05) is 12.6 Å². The van der Waals surface area contributed by atoms with Crippen molar-refractivity contribution in [3.63, 3.8) is 0 Å². The Morgan fingerprint density at radius 1 is 1.14 bits per heavy atom. The number of carbonyl (C=O) groups is 1. The molecule has 0 N–H and O–H groups in total. The van der Waals surface area contributed by atoms with E-state index in [0.717, 1.165) is 38.5 Å². The Balaban J connectivity index is 2.24. The highest BCUT2D eigenvalue weighted by Gasteiger charge is 2.46. The first-order valence-corrected chi connectivity index (χ1v) is 9.61. The van der Waals surface area contributed by atoms with Gasteiger partial charge in [-0.15, -0.1) is 0 Å². The van der Waals surface area contributed by atoms with Gasteiger partial charge in [0.1, 0.15) is 0 Å². The number of sulfonamides is 1. The van der Waals surface area contributed by atoms with Crippen LogP contribution in [0.4, 0.5) is 0 Å². The molecule has 1 aliphatic heterocycles. The van der Waals surface area contributed by atoms with E-state index in [1.54, 1.807) is 4.31 Å². The van der Waals surface area contributed by atoms with Gasteiger partial charge in [0.05, 0.1) is 18.3 Å². The number of hydrogen-bond acceptors (Lipinski definition) is 4. The summed E-state index contributed by atoms with van der Waals surface area (Å²) < 4.78 is 32.6. The first-order chi connectivity index (χ1) is 10.0. The molecule has 0 aromatic carbocycles. The minimum absolute atomic E-state index is 0.0939. The largest absolute Gasteiger partial charge is 0.469 e. The quantitative estimate of drug-likeness (QED) is 0.746. The molecule has 6 heteroatoms. The Morgan fingerprint density at radius 3 is 2.57 bits per heavy atom. The lowest BCUT2D eigenvalue weighted by atomic mass is 10.1. The van der Waals surface area contributed by atoms with Gasteiger partial charge >= 0.3 is 5.97 Å². The molecular formula is C15H27NO4S. The number of rotatable bonds is 4. The van der Waals surface area contributed by atoms with E-state index >= 15 is 0 Å². The maximum Gasteiger partial charge on any atom is 0.310 e. The maximum atomic E-state index is 13.1. The number of ether oxygens (including phenoxy) is 1. The topological polar surface area (TPSA) is 63.7 Å². The summed E-state index contributed by atoms with van der Waals surface area (Å²) in [5.41, 5.74) is 0. The van der Waals surface area contributed by atoms with Gasteiger partial charge in [-0.2, -0.15) is 4.31 Å². The molecule has 1 saturated heterocycles. The van der Waals surface area contributed by atoms with Gasteiger partial charge in [0.15, 0.2) is 0 Å². The molecule has 2 rings (SSSR count). The van der Waals surface area contributed by atoms with Crippen LogP contribution in [-0.4, -0.2) is 43.6 Å². The molecule has 2 fully saturated rings. The molecule has 1 aliphatic carbocycles. The summed E-state index contributed by atoms with van der Waals surface area (Å²) in [6, 6.07) is 0.0939. The molecule has 0 amide bonds. The van der Waals surface area contributed by atoms with Crippen LogP contribution >= 0.6 is 0 Å². The normalized spacial score (nSPS) is 31.8. The smallest absolute Gasteiger partial charge is 0.310 e. The summed E-state index contributed by atoms with van der Waals surface area (Å²) in [5.74, 6) is -0.857. The number of esters is 1. The van der Waals surface area contributed by atoms with E-state index in [4.69, 9.17) is 4.74 Å². The van der Waals surface area contributed by atoms with Crippen molar-refractivity contribution in [2.75, 3.05) is 13.7 Å². The maximum absolute atomic E-state index is 13.1. The fourth-order valence-electron chi connectivity index (χ4n) is 3.77. The van der Waals surface area contributed by atoms with E-state index < -0.39 is 21.2 Å². The van der Waals surface area contributed by atoms with Crippen LogP contribution in [0.25, 0.3) is 0 Å². The zero-order valence-corrected chi connectivity index (χ0v) is 13.9. The summed E-state index contributed by atoms with van der Waals surface area (Å²) in [4.78, 5) is 11.9. The second kappa shape index (κ2) is 7.09. The predicted octanol–water partition coefficient (Wildman–Crippen LogP) is 2.31. The van der Waals surface area contributed by atoms with Gasteiger partial charge < -0.3 is 4.74 Å². The fourth-order valence-corrected chi connectivity index (χ4v) is 6.30.